The van der Waals surface area contributed by atoms with E-state index in [4.69, 9.17) is 5.84 Å². The number of nitrogens with one attached hydrogen (secondary N) is 1. The van der Waals surface area contributed by atoms with E-state index in [1.165, 1.54) is 0 Å². The molecule has 0 saturated carbocycles. The fourth-order valence-corrected chi connectivity index (χ4v) is 1.96. The first-order valence-electron chi connectivity index (χ1n) is 6.80. The van der Waals surface area contributed by atoms with E-state index < -0.39 is 4.92 Å². The Morgan fingerprint density at radius 2 is 1.95 bits per heavy atom. The summed E-state index contributed by atoms with van der Waals surface area (Å²) >= 11 is 0. The number of aromatic nitrogens is 2. The Kier molecular flexibility index (Phi) is 6.25. The van der Waals surface area contributed by atoms with Crippen LogP contribution < -0.4 is 16.2 Å². The monoisotopic (exact) mass is 297 g/mol. The van der Waals surface area contributed by atoms with Crippen LogP contribution in [0.4, 0.5) is 17.5 Å². The highest BCUT2D eigenvalue weighted by Crippen LogP contribution is 2.29. The van der Waals surface area contributed by atoms with Gasteiger partial charge >= 0.3 is 5.69 Å². The number of nitrogens with zero attached hydrogens (tertiary/aromatic N) is 5. The molecular weight excluding hydrogens is 274 g/mol. The largest absolute Gasteiger partial charge is 0.349 e. The van der Waals surface area contributed by atoms with Crippen LogP contribution >= 0.6 is 0 Å². The van der Waals surface area contributed by atoms with Gasteiger partial charge in [0, 0.05) is 19.6 Å². The molecule has 0 atom stereocenters. The second-order valence-corrected chi connectivity index (χ2v) is 5.00. The minimum atomic E-state index is -0.441. The molecule has 0 amide bonds. The van der Waals surface area contributed by atoms with Crippen LogP contribution in [0, 0.1) is 17.0 Å². The Morgan fingerprint density at radius 1 is 1.29 bits per heavy atom. The van der Waals surface area contributed by atoms with Crippen molar-refractivity contribution in [3.8, 4) is 0 Å². The van der Waals surface area contributed by atoms with Crippen molar-refractivity contribution in [2.45, 2.75) is 20.3 Å². The predicted molar refractivity (Wildman–Crippen MR) is 82.3 cm³/mol. The van der Waals surface area contributed by atoms with Crippen LogP contribution in [0.5, 0.6) is 0 Å². The van der Waals surface area contributed by atoms with Gasteiger partial charge in [-0.2, -0.15) is 4.98 Å². The van der Waals surface area contributed by atoms with Crippen molar-refractivity contribution < 1.29 is 4.92 Å². The van der Waals surface area contributed by atoms with Gasteiger partial charge in [-0.15, -0.1) is 0 Å². The second-order valence-electron chi connectivity index (χ2n) is 5.00. The summed E-state index contributed by atoms with van der Waals surface area (Å²) in [5.74, 6) is 5.83. The summed E-state index contributed by atoms with van der Waals surface area (Å²) in [6.07, 6.45) is 0.860. The van der Waals surface area contributed by atoms with Crippen LogP contribution in [0.2, 0.25) is 0 Å². The first-order valence-corrected chi connectivity index (χ1v) is 6.80. The molecule has 0 aliphatic carbocycles. The van der Waals surface area contributed by atoms with Gasteiger partial charge in [0.05, 0.1) is 4.92 Å². The van der Waals surface area contributed by atoms with Crippen molar-refractivity contribution in [1.82, 2.24) is 14.9 Å². The molecule has 1 rings (SSSR count). The Bertz CT molecular complexity index is 493. The van der Waals surface area contributed by atoms with Gasteiger partial charge in [0.1, 0.15) is 5.69 Å². The van der Waals surface area contributed by atoms with E-state index in [0.29, 0.717) is 24.6 Å². The van der Waals surface area contributed by atoms with Crippen molar-refractivity contribution in [3.63, 3.8) is 0 Å². The van der Waals surface area contributed by atoms with Gasteiger partial charge in [-0.3, -0.25) is 15.5 Å². The van der Waals surface area contributed by atoms with Crippen molar-refractivity contribution >= 4 is 17.5 Å². The van der Waals surface area contributed by atoms with Crippen LogP contribution in [0.25, 0.3) is 0 Å². The molecule has 0 fully saturated rings. The lowest BCUT2D eigenvalue weighted by atomic mass is 10.3. The summed E-state index contributed by atoms with van der Waals surface area (Å²) in [6.45, 7) is 5.69. The highest BCUT2D eigenvalue weighted by Gasteiger charge is 2.26. The zero-order valence-corrected chi connectivity index (χ0v) is 13.0. The van der Waals surface area contributed by atoms with E-state index >= 15 is 0 Å². The number of aryl methyl sites for hydroxylation is 1. The fourth-order valence-electron chi connectivity index (χ4n) is 1.96. The molecule has 118 valence electrons. The SMILES string of the molecule is CCCN(CCN(C)C)c1nc(NN)nc(C)c1[N+](=O)[O-]. The summed E-state index contributed by atoms with van der Waals surface area (Å²) in [5.41, 5.74) is 2.58. The molecule has 0 aliphatic heterocycles. The van der Waals surface area contributed by atoms with Crippen LogP contribution in [0.3, 0.4) is 0 Å². The topological polar surface area (TPSA) is 113 Å². The maximum atomic E-state index is 11.3. The first-order chi connectivity index (χ1) is 9.90. The van der Waals surface area contributed by atoms with E-state index in [1.807, 2.05) is 30.8 Å². The number of nitro groups is 1. The number of nitrogen functional groups attached to an aromatic ring is 1. The van der Waals surface area contributed by atoms with Gasteiger partial charge < -0.3 is 9.80 Å². The molecule has 0 bridgehead atoms. The average Bonchev–Trinajstić information content (AvgIpc) is 2.41. The third kappa shape index (κ3) is 4.50. The molecule has 0 aromatic carbocycles. The highest BCUT2D eigenvalue weighted by molar-refractivity contribution is 5.62. The van der Waals surface area contributed by atoms with Gasteiger partial charge in [0.15, 0.2) is 0 Å². The van der Waals surface area contributed by atoms with Gasteiger partial charge in [-0.1, -0.05) is 6.92 Å². The lowest BCUT2D eigenvalue weighted by Gasteiger charge is -2.25. The van der Waals surface area contributed by atoms with Crippen molar-refractivity contribution in [2.24, 2.45) is 5.84 Å². The zero-order valence-electron chi connectivity index (χ0n) is 13.0. The van der Waals surface area contributed by atoms with Crippen LogP contribution in [-0.4, -0.2) is 53.5 Å². The third-order valence-corrected chi connectivity index (χ3v) is 2.96. The van der Waals surface area contributed by atoms with E-state index in [2.05, 4.69) is 15.4 Å². The summed E-state index contributed by atoms with van der Waals surface area (Å²) in [7, 11) is 3.91. The summed E-state index contributed by atoms with van der Waals surface area (Å²) in [6, 6.07) is 0. The van der Waals surface area contributed by atoms with Crippen molar-refractivity contribution in [1.29, 1.82) is 0 Å². The molecule has 9 heteroatoms. The Hall–Kier alpha value is -2.00. The van der Waals surface area contributed by atoms with E-state index in [9.17, 15) is 10.1 Å². The molecule has 9 nitrogen and oxygen atoms in total. The molecule has 3 N–H and O–H groups in total. The van der Waals surface area contributed by atoms with E-state index in [1.54, 1.807) is 6.92 Å². The summed E-state index contributed by atoms with van der Waals surface area (Å²) in [4.78, 5) is 23.0. The molecule has 1 aromatic heterocycles. The second kappa shape index (κ2) is 7.70. The Balaban J connectivity index is 3.25. The molecule has 0 saturated heterocycles. The van der Waals surface area contributed by atoms with E-state index in [-0.39, 0.29) is 11.6 Å². The number of likely N-dealkylation sites (N-methyl/N-ethyl adjacent to an activating group) is 1. The quantitative estimate of drug-likeness (QED) is 0.410. The first kappa shape index (κ1) is 17.1. The van der Waals surface area contributed by atoms with Crippen LogP contribution in [0.15, 0.2) is 0 Å². The number of anilines is 2. The number of hydrazine groups is 1. The maximum Gasteiger partial charge on any atom is 0.332 e. The van der Waals surface area contributed by atoms with Crippen LogP contribution in [0.1, 0.15) is 19.0 Å². The smallest absolute Gasteiger partial charge is 0.332 e. The van der Waals surface area contributed by atoms with E-state index in [0.717, 1.165) is 13.0 Å². The summed E-state index contributed by atoms with van der Waals surface area (Å²) < 4.78 is 0. The fraction of sp³-hybridized carbons (Fsp3) is 0.667. The molecule has 1 aromatic rings. The number of nitrogens with two attached hydrogens (primary N) is 1. The molecule has 0 radical (unpaired) electrons. The lowest BCUT2D eigenvalue weighted by Crippen LogP contribution is -2.34. The highest BCUT2D eigenvalue weighted by atomic mass is 16.6. The lowest BCUT2D eigenvalue weighted by molar-refractivity contribution is -0.385. The van der Waals surface area contributed by atoms with Crippen molar-refractivity contribution in [3.05, 3.63) is 15.8 Å². The molecular formula is C12H23N7O2. The van der Waals surface area contributed by atoms with Gasteiger partial charge in [0.25, 0.3) is 0 Å². The molecule has 0 aliphatic rings. The number of hydrogen-bond donors (Lipinski definition) is 2. The molecule has 21 heavy (non-hydrogen) atoms. The Labute approximate surface area is 124 Å². The van der Waals surface area contributed by atoms with Gasteiger partial charge in [0.2, 0.25) is 11.8 Å². The number of rotatable bonds is 8. The normalized spacial score (nSPS) is 10.8. The average molecular weight is 297 g/mol. The Morgan fingerprint density at radius 3 is 2.43 bits per heavy atom. The maximum absolute atomic E-state index is 11.3. The van der Waals surface area contributed by atoms with Crippen molar-refractivity contribution in [2.75, 3.05) is 44.1 Å². The predicted octanol–water partition coefficient (Wildman–Crippen LogP) is 0.757. The molecule has 0 spiro atoms. The van der Waals surface area contributed by atoms with Gasteiger partial charge in [-0.25, -0.2) is 10.8 Å². The number of hydrogen-bond acceptors (Lipinski definition) is 8. The standard InChI is InChI=1S/C12H23N7O2/c1-5-6-18(8-7-17(3)4)11-10(19(20)21)9(2)14-12(15-11)16-13/h5-8,13H2,1-4H3,(H,14,15,16). The zero-order chi connectivity index (χ0) is 16.0. The minimum Gasteiger partial charge on any atom is -0.349 e. The summed E-state index contributed by atoms with van der Waals surface area (Å²) in [5, 5.41) is 11.3. The van der Waals surface area contributed by atoms with Crippen LogP contribution in [-0.2, 0) is 0 Å². The van der Waals surface area contributed by atoms with Gasteiger partial charge in [-0.05, 0) is 27.4 Å². The molecule has 0 unspecified atom stereocenters. The minimum absolute atomic E-state index is 0.0683. The molecule has 1 heterocycles. The third-order valence-electron chi connectivity index (χ3n) is 2.96.